The summed E-state index contributed by atoms with van der Waals surface area (Å²) in [6, 6.07) is 5.02. The van der Waals surface area contributed by atoms with Gasteiger partial charge in [-0.1, -0.05) is 25.0 Å². The van der Waals surface area contributed by atoms with E-state index >= 15 is 0 Å². The van der Waals surface area contributed by atoms with E-state index in [1.54, 1.807) is 25.1 Å². The third-order valence-corrected chi connectivity index (χ3v) is 4.05. The van der Waals surface area contributed by atoms with Crippen LogP contribution in [0, 0.1) is 22.5 Å². The van der Waals surface area contributed by atoms with Gasteiger partial charge in [-0.15, -0.1) is 0 Å². The summed E-state index contributed by atoms with van der Waals surface area (Å²) in [7, 11) is 0. The maximum absolute atomic E-state index is 11.5. The lowest BCUT2D eigenvalue weighted by molar-refractivity contribution is -0.384. The Morgan fingerprint density at radius 1 is 1.45 bits per heavy atom. The average Bonchev–Trinajstić information content (AvgIpc) is 2.86. The molecule has 20 heavy (non-hydrogen) atoms. The van der Waals surface area contributed by atoms with Crippen molar-refractivity contribution in [2.75, 3.05) is 11.9 Å². The van der Waals surface area contributed by atoms with Crippen molar-refractivity contribution < 1.29 is 14.8 Å². The van der Waals surface area contributed by atoms with Crippen molar-refractivity contribution in [2.45, 2.75) is 32.6 Å². The highest BCUT2D eigenvalue weighted by molar-refractivity contribution is 5.76. The summed E-state index contributed by atoms with van der Waals surface area (Å²) >= 11 is 0. The highest BCUT2D eigenvalue weighted by atomic mass is 16.6. The number of aliphatic carboxylic acids is 1. The van der Waals surface area contributed by atoms with E-state index in [1.807, 2.05) is 0 Å². The van der Waals surface area contributed by atoms with Crippen molar-refractivity contribution in [3.8, 4) is 0 Å². The minimum Gasteiger partial charge on any atom is -0.481 e. The molecule has 1 fully saturated rings. The number of carbonyl (C=O) groups is 1. The lowest BCUT2D eigenvalue weighted by Gasteiger charge is -2.24. The summed E-state index contributed by atoms with van der Waals surface area (Å²) in [5, 5.41) is 23.5. The summed E-state index contributed by atoms with van der Waals surface area (Å²) in [5.41, 5.74) is 0.182. The molecule has 1 aromatic rings. The lowest BCUT2D eigenvalue weighted by Crippen LogP contribution is -2.35. The van der Waals surface area contributed by atoms with E-state index in [4.69, 9.17) is 0 Å². The van der Waals surface area contributed by atoms with Gasteiger partial charge in [-0.2, -0.15) is 0 Å². The maximum atomic E-state index is 11.5. The van der Waals surface area contributed by atoms with E-state index in [1.165, 1.54) is 0 Å². The van der Waals surface area contributed by atoms with E-state index < -0.39 is 16.3 Å². The second-order valence-corrected chi connectivity index (χ2v) is 5.37. The number of benzene rings is 1. The molecule has 0 saturated heterocycles. The number of carboxylic acid groups (broad SMARTS) is 1. The molecule has 0 atom stereocenters. The highest BCUT2D eigenvalue weighted by Gasteiger charge is 2.41. The second-order valence-electron chi connectivity index (χ2n) is 5.37. The molecule has 1 aromatic carbocycles. The molecule has 1 aliphatic carbocycles. The van der Waals surface area contributed by atoms with Crippen LogP contribution in [-0.4, -0.2) is 22.5 Å². The van der Waals surface area contributed by atoms with E-state index in [0.717, 1.165) is 12.8 Å². The van der Waals surface area contributed by atoms with Crippen LogP contribution in [0.1, 0.15) is 31.2 Å². The van der Waals surface area contributed by atoms with E-state index in [-0.39, 0.29) is 12.2 Å². The molecule has 0 unspecified atom stereocenters. The van der Waals surface area contributed by atoms with Crippen molar-refractivity contribution in [3.05, 3.63) is 33.9 Å². The predicted octanol–water partition coefficient (Wildman–Crippen LogP) is 2.96. The molecule has 2 N–H and O–H groups in total. The monoisotopic (exact) mass is 278 g/mol. The van der Waals surface area contributed by atoms with Crippen LogP contribution in [0.2, 0.25) is 0 Å². The summed E-state index contributed by atoms with van der Waals surface area (Å²) in [5.74, 6) is -0.821. The van der Waals surface area contributed by atoms with Crippen LogP contribution in [0.5, 0.6) is 0 Å². The Hall–Kier alpha value is -2.11. The van der Waals surface area contributed by atoms with Crippen LogP contribution in [-0.2, 0) is 4.79 Å². The lowest BCUT2D eigenvalue weighted by atomic mass is 9.86. The van der Waals surface area contributed by atoms with Gasteiger partial charge in [0.05, 0.1) is 10.3 Å². The standard InChI is InChI=1S/C14H18N2O4/c1-10-5-4-6-11(12(10)16(19)20)15-9-14(13(17)18)7-2-3-8-14/h4-6,15H,2-3,7-9H2,1H3,(H,17,18). The largest absolute Gasteiger partial charge is 0.481 e. The first-order valence-corrected chi connectivity index (χ1v) is 6.67. The van der Waals surface area contributed by atoms with Crippen molar-refractivity contribution in [3.63, 3.8) is 0 Å². The number of anilines is 1. The molecule has 108 valence electrons. The number of carboxylic acids is 1. The first-order chi connectivity index (χ1) is 9.46. The number of aryl methyl sites for hydroxylation is 1. The minimum absolute atomic E-state index is 0.0195. The number of para-hydroxylation sites is 1. The highest BCUT2D eigenvalue weighted by Crippen LogP contribution is 2.39. The van der Waals surface area contributed by atoms with Crippen LogP contribution in [0.4, 0.5) is 11.4 Å². The van der Waals surface area contributed by atoms with Gasteiger partial charge < -0.3 is 10.4 Å². The molecule has 0 radical (unpaired) electrons. The Morgan fingerprint density at radius 2 is 2.10 bits per heavy atom. The van der Waals surface area contributed by atoms with E-state index in [2.05, 4.69) is 5.32 Å². The summed E-state index contributed by atoms with van der Waals surface area (Å²) in [6.45, 7) is 1.90. The zero-order valence-electron chi connectivity index (χ0n) is 11.4. The SMILES string of the molecule is Cc1cccc(NCC2(C(=O)O)CCCC2)c1[N+](=O)[O-]. The van der Waals surface area contributed by atoms with Gasteiger partial charge in [0.1, 0.15) is 5.69 Å². The van der Waals surface area contributed by atoms with Gasteiger partial charge in [-0.05, 0) is 25.8 Å². The number of rotatable bonds is 5. The molecule has 0 bridgehead atoms. The summed E-state index contributed by atoms with van der Waals surface area (Å²) < 4.78 is 0. The Morgan fingerprint density at radius 3 is 2.65 bits per heavy atom. The zero-order chi connectivity index (χ0) is 14.8. The minimum atomic E-state index is -0.821. The Bertz CT molecular complexity index is 536. The summed E-state index contributed by atoms with van der Waals surface area (Å²) in [4.78, 5) is 22.1. The van der Waals surface area contributed by atoms with Crippen molar-refractivity contribution in [1.29, 1.82) is 0 Å². The van der Waals surface area contributed by atoms with Crippen molar-refractivity contribution in [2.24, 2.45) is 5.41 Å². The predicted molar refractivity (Wildman–Crippen MR) is 74.9 cm³/mol. The number of nitrogens with zero attached hydrogens (tertiary/aromatic N) is 1. The summed E-state index contributed by atoms with van der Waals surface area (Å²) in [6.07, 6.45) is 3.03. The second kappa shape index (κ2) is 5.48. The Kier molecular flexibility index (Phi) is 3.92. The van der Waals surface area contributed by atoms with Gasteiger partial charge in [-0.25, -0.2) is 0 Å². The first kappa shape index (κ1) is 14.3. The van der Waals surface area contributed by atoms with Gasteiger partial charge in [-0.3, -0.25) is 14.9 Å². The molecule has 0 aromatic heterocycles. The number of hydrogen-bond acceptors (Lipinski definition) is 4. The van der Waals surface area contributed by atoms with Gasteiger partial charge in [0, 0.05) is 12.1 Å². The molecule has 0 amide bonds. The molecular formula is C14H18N2O4. The molecule has 6 heteroatoms. The zero-order valence-corrected chi connectivity index (χ0v) is 11.4. The van der Waals surface area contributed by atoms with Crippen molar-refractivity contribution >= 4 is 17.3 Å². The van der Waals surface area contributed by atoms with Gasteiger partial charge in [0.25, 0.3) is 5.69 Å². The topological polar surface area (TPSA) is 92.5 Å². The van der Waals surface area contributed by atoms with Gasteiger partial charge in [0.15, 0.2) is 0 Å². The quantitative estimate of drug-likeness (QED) is 0.638. The third-order valence-electron chi connectivity index (χ3n) is 4.05. The average molecular weight is 278 g/mol. The molecule has 6 nitrogen and oxygen atoms in total. The molecule has 0 heterocycles. The van der Waals surface area contributed by atoms with Crippen LogP contribution in [0.3, 0.4) is 0 Å². The number of nitrogens with one attached hydrogen (secondary N) is 1. The van der Waals surface area contributed by atoms with Crippen LogP contribution < -0.4 is 5.32 Å². The number of nitro benzene ring substituents is 1. The molecule has 0 aliphatic heterocycles. The van der Waals surface area contributed by atoms with E-state index in [9.17, 15) is 20.0 Å². The fraction of sp³-hybridized carbons (Fsp3) is 0.500. The molecule has 1 saturated carbocycles. The fourth-order valence-corrected chi connectivity index (χ4v) is 2.83. The van der Waals surface area contributed by atoms with Crippen LogP contribution in [0.15, 0.2) is 18.2 Å². The molecular weight excluding hydrogens is 260 g/mol. The number of nitro groups is 1. The first-order valence-electron chi connectivity index (χ1n) is 6.67. The normalized spacial score (nSPS) is 16.9. The maximum Gasteiger partial charge on any atom is 0.311 e. The van der Waals surface area contributed by atoms with Crippen molar-refractivity contribution in [1.82, 2.24) is 0 Å². The smallest absolute Gasteiger partial charge is 0.311 e. The Balaban J connectivity index is 2.21. The fourth-order valence-electron chi connectivity index (χ4n) is 2.83. The Labute approximate surface area is 117 Å². The van der Waals surface area contributed by atoms with Crippen LogP contribution >= 0.6 is 0 Å². The van der Waals surface area contributed by atoms with Gasteiger partial charge in [0.2, 0.25) is 0 Å². The van der Waals surface area contributed by atoms with Gasteiger partial charge >= 0.3 is 5.97 Å². The van der Waals surface area contributed by atoms with Crippen LogP contribution in [0.25, 0.3) is 0 Å². The molecule has 2 rings (SSSR count). The third kappa shape index (κ3) is 2.59. The molecule has 0 spiro atoms. The number of hydrogen-bond donors (Lipinski definition) is 2. The molecule has 1 aliphatic rings. The van der Waals surface area contributed by atoms with E-state index in [0.29, 0.717) is 24.1 Å².